The molecule has 0 fully saturated rings. The number of hydrogen-bond donors (Lipinski definition) is 1. The van der Waals surface area contributed by atoms with Crippen LogP contribution in [0.4, 0.5) is 0 Å². The Morgan fingerprint density at radius 3 is 2.85 bits per heavy atom. The quantitative estimate of drug-likeness (QED) is 0.788. The van der Waals surface area contributed by atoms with Gasteiger partial charge in [0.1, 0.15) is 0 Å². The predicted octanol–water partition coefficient (Wildman–Crippen LogP) is 4.16. The highest BCUT2D eigenvalue weighted by atomic mass is 79.9. The molecule has 0 unspecified atom stereocenters. The zero-order valence-corrected chi connectivity index (χ0v) is 14.1. The molecule has 108 valence electrons. The first-order chi connectivity index (χ1) is 9.60. The van der Waals surface area contributed by atoms with Crippen LogP contribution in [-0.2, 0) is 13.1 Å². The Bertz CT molecular complexity index is 580. The van der Waals surface area contributed by atoms with Gasteiger partial charge in [0.25, 0.3) is 0 Å². The zero-order chi connectivity index (χ0) is 14.5. The SMILES string of the molecule is CCCNCc1cn(Cc2ccc(Br)cc2Cl)nc1C. The fraction of sp³-hybridized carbons (Fsp3) is 0.400. The van der Waals surface area contributed by atoms with Crippen LogP contribution in [0.25, 0.3) is 0 Å². The van der Waals surface area contributed by atoms with E-state index in [0.29, 0.717) is 6.54 Å². The Labute approximate surface area is 133 Å². The van der Waals surface area contributed by atoms with Crippen molar-refractivity contribution >= 4 is 27.5 Å². The van der Waals surface area contributed by atoms with Crippen molar-refractivity contribution in [2.75, 3.05) is 6.54 Å². The molecule has 2 rings (SSSR count). The van der Waals surface area contributed by atoms with Crippen molar-refractivity contribution in [2.45, 2.75) is 33.4 Å². The maximum atomic E-state index is 6.24. The molecule has 0 radical (unpaired) electrons. The van der Waals surface area contributed by atoms with Crippen molar-refractivity contribution in [2.24, 2.45) is 0 Å². The van der Waals surface area contributed by atoms with Crippen molar-refractivity contribution in [3.05, 3.63) is 50.7 Å². The molecule has 1 N–H and O–H groups in total. The summed E-state index contributed by atoms with van der Waals surface area (Å²) in [6.45, 7) is 6.80. The first-order valence-corrected chi connectivity index (χ1v) is 7.94. The summed E-state index contributed by atoms with van der Waals surface area (Å²) in [6.07, 6.45) is 3.23. The maximum absolute atomic E-state index is 6.24. The minimum atomic E-state index is 0.695. The Morgan fingerprint density at radius 1 is 1.35 bits per heavy atom. The molecule has 0 aliphatic rings. The Morgan fingerprint density at radius 2 is 2.15 bits per heavy atom. The van der Waals surface area contributed by atoms with Gasteiger partial charge < -0.3 is 5.32 Å². The van der Waals surface area contributed by atoms with E-state index < -0.39 is 0 Å². The van der Waals surface area contributed by atoms with Gasteiger partial charge >= 0.3 is 0 Å². The van der Waals surface area contributed by atoms with Gasteiger partial charge in [0.05, 0.1) is 12.2 Å². The van der Waals surface area contributed by atoms with Gasteiger partial charge in [0, 0.05) is 27.8 Å². The van der Waals surface area contributed by atoms with E-state index in [1.807, 2.05) is 29.8 Å². The van der Waals surface area contributed by atoms with Gasteiger partial charge in [-0.1, -0.05) is 40.5 Å². The van der Waals surface area contributed by atoms with E-state index in [1.165, 1.54) is 5.56 Å². The molecule has 0 aliphatic carbocycles. The lowest BCUT2D eigenvalue weighted by Crippen LogP contribution is -2.13. The van der Waals surface area contributed by atoms with Gasteiger partial charge in [-0.25, -0.2) is 0 Å². The molecule has 0 spiro atoms. The van der Waals surface area contributed by atoms with Crippen LogP contribution in [0.5, 0.6) is 0 Å². The fourth-order valence-electron chi connectivity index (χ4n) is 2.04. The Balaban J connectivity index is 2.08. The normalized spacial score (nSPS) is 11.0. The third-order valence-electron chi connectivity index (χ3n) is 3.14. The molecule has 0 amide bonds. The number of aromatic nitrogens is 2. The predicted molar refractivity (Wildman–Crippen MR) is 87.2 cm³/mol. The third-order valence-corrected chi connectivity index (χ3v) is 3.98. The zero-order valence-electron chi connectivity index (χ0n) is 11.8. The number of aryl methyl sites for hydroxylation is 1. The van der Waals surface area contributed by atoms with E-state index in [9.17, 15) is 0 Å². The minimum absolute atomic E-state index is 0.695. The monoisotopic (exact) mass is 355 g/mol. The summed E-state index contributed by atoms with van der Waals surface area (Å²) in [5.74, 6) is 0. The van der Waals surface area contributed by atoms with Crippen LogP contribution >= 0.6 is 27.5 Å². The molecule has 20 heavy (non-hydrogen) atoms. The van der Waals surface area contributed by atoms with Crippen LogP contribution in [0.2, 0.25) is 5.02 Å². The molecule has 0 atom stereocenters. The summed E-state index contributed by atoms with van der Waals surface area (Å²) < 4.78 is 2.94. The Kier molecular flexibility index (Phi) is 5.64. The van der Waals surface area contributed by atoms with Crippen LogP contribution in [0.1, 0.15) is 30.2 Å². The molecule has 1 heterocycles. The standard InChI is InChI=1S/C15H19BrClN3/c1-3-6-18-8-13-10-20(19-11(13)2)9-12-4-5-14(16)7-15(12)17/h4-5,7,10,18H,3,6,8-9H2,1-2H3. The van der Waals surface area contributed by atoms with Crippen molar-refractivity contribution < 1.29 is 0 Å². The second kappa shape index (κ2) is 7.25. The summed E-state index contributed by atoms with van der Waals surface area (Å²) in [5.41, 5.74) is 3.39. The summed E-state index contributed by atoms with van der Waals surface area (Å²) in [4.78, 5) is 0. The van der Waals surface area contributed by atoms with E-state index in [4.69, 9.17) is 11.6 Å². The molecule has 1 aromatic carbocycles. The molecular weight excluding hydrogens is 338 g/mol. The van der Waals surface area contributed by atoms with Gasteiger partial charge in [-0.05, 0) is 37.6 Å². The highest BCUT2D eigenvalue weighted by molar-refractivity contribution is 9.10. The molecule has 0 saturated heterocycles. The third kappa shape index (κ3) is 4.08. The van der Waals surface area contributed by atoms with Crippen LogP contribution in [0.3, 0.4) is 0 Å². The van der Waals surface area contributed by atoms with E-state index in [1.54, 1.807) is 0 Å². The molecule has 1 aromatic heterocycles. The molecule has 0 aliphatic heterocycles. The highest BCUT2D eigenvalue weighted by Gasteiger charge is 2.07. The highest BCUT2D eigenvalue weighted by Crippen LogP contribution is 2.22. The van der Waals surface area contributed by atoms with Gasteiger partial charge in [-0.2, -0.15) is 5.10 Å². The van der Waals surface area contributed by atoms with E-state index in [0.717, 1.165) is 40.3 Å². The van der Waals surface area contributed by atoms with Gasteiger partial charge in [-0.3, -0.25) is 4.68 Å². The average molecular weight is 357 g/mol. The lowest BCUT2D eigenvalue weighted by molar-refractivity contribution is 0.668. The molecule has 2 aromatic rings. The fourth-order valence-corrected chi connectivity index (χ4v) is 2.77. The van der Waals surface area contributed by atoms with Crippen LogP contribution in [0, 0.1) is 6.92 Å². The van der Waals surface area contributed by atoms with Crippen LogP contribution < -0.4 is 5.32 Å². The summed E-state index contributed by atoms with van der Waals surface area (Å²) in [5, 5.41) is 8.72. The maximum Gasteiger partial charge on any atom is 0.0674 e. The largest absolute Gasteiger partial charge is 0.313 e. The number of hydrogen-bond acceptors (Lipinski definition) is 2. The second-order valence-electron chi connectivity index (χ2n) is 4.85. The Hall–Kier alpha value is -0.840. The molecule has 0 bridgehead atoms. The first kappa shape index (κ1) is 15.5. The van der Waals surface area contributed by atoms with Crippen molar-refractivity contribution in [3.8, 4) is 0 Å². The number of benzene rings is 1. The molecule has 0 saturated carbocycles. The van der Waals surface area contributed by atoms with Gasteiger partial charge in [-0.15, -0.1) is 0 Å². The number of rotatable bonds is 6. The van der Waals surface area contributed by atoms with Gasteiger partial charge in [0.15, 0.2) is 0 Å². The molecule has 5 heteroatoms. The van der Waals surface area contributed by atoms with Crippen LogP contribution in [-0.4, -0.2) is 16.3 Å². The molecule has 3 nitrogen and oxygen atoms in total. The smallest absolute Gasteiger partial charge is 0.0674 e. The summed E-state index contributed by atoms with van der Waals surface area (Å²) in [7, 11) is 0. The molecular formula is C15H19BrClN3. The first-order valence-electron chi connectivity index (χ1n) is 6.77. The van der Waals surface area contributed by atoms with Crippen molar-refractivity contribution in [1.82, 2.24) is 15.1 Å². The lowest BCUT2D eigenvalue weighted by atomic mass is 10.2. The summed E-state index contributed by atoms with van der Waals surface area (Å²) in [6, 6.07) is 5.94. The second-order valence-corrected chi connectivity index (χ2v) is 6.17. The van der Waals surface area contributed by atoms with Crippen molar-refractivity contribution in [1.29, 1.82) is 0 Å². The average Bonchev–Trinajstić information content (AvgIpc) is 2.74. The van der Waals surface area contributed by atoms with Crippen molar-refractivity contribution in [3.63, 3.8) is 0 Å². The topological polar surface area (TPSA) is 29.9 Å². The van der Waals surface area contributed by atoms with E-state index in [2.05, 4.69) is 39.5 Å². The number of nitrogens with one attached hydrogen (secondary N) is 1. The number of halogens is 2. The van der Waals surface area contributed by atoms with Gasteiger partial charge in [0.2, 0.25) is 0 Å². The van der Waals surface area contributed by atoms with E-state index in [-0.39, 0.29) is 0 Å². The van der Waals surface area contributed by atoms with Crippen LogP contribution in [0.15, 0.2) is 28.9 Å². The summed E-state index contributed by atoms with van der Waals surface area (Å²) >= 11 is 9.66. The van der Waals surface area contributed by atoms with E-state index >= 15 is 0 Å². The lowest BCUT2D eigenvalue weighted by Gasteiger charge is -2.05. The number of nitrogens with zero attached hydrogens (tertiary/aromatic N) is 2. The minimum Gasteiger partial charge on any atom is -0.313 e.